The van der Waals surface area contributed by atoms with E-state index in [1.54, 1.807) is 13.2 Å². The van der Waals surface area contributed by atoms with Crippen LogP contribution >= 0.6 is 0 Å². The van der Waals surface area contributed by atoms with Gasteiger partial charge in [-0.3, -0.25) is 9.59 Å². The highest BCUT2D eigenvalue weighted by Crippen LogP contribution is 2.25. The molecule has 0 unspecified atom stereocenters. The number of benzene rings is 2. The maximum absolute atomic E-state index is 12.6. The molecule has 0 fully saturated rings. The molecule has 6 nitrogen and oxygen atoms in total. The first-order chi connectivity index (χ1) is 12.6. The third-order valence-electron chi connectivity index (χ3n) is 3.88. The standard InChI is InChI=1S/C20H19N3O3/c1-14-8-10-18(26-2)17(12-14)21-20(25)16-9-11-19(24)23(22-16)13-15-6-4-3-5-7-15/h3-12H,13H2,1-2H3,(H,21,25). The summed E-state index contributed by atoms with van der Waals surface area (Å²) < 4.78 is 6.54. The number of carbonyl (C=O) groups excluding carboxylic acids is 1. The van der Waals surface area contributed by atoms with Crippen molar-refractivity contribution >= 4 is 11.6 Å². The largest absolute Gasteiger partial charge is 0.495 e. The SMILES string of the molecule is COc1ccc(C)cc1NC(=O)c1ccc(=O)n(Cc2ccccc2)n1. The van der Waals surface area contributed by atoms with Gasteiger partial charge in [-0.15, -0.1) is 0 Å². The highest BCUT2D eigenvalue weighted by molar-refractivity contribution is 6.03. The summed E-state index contributed by atoms with van der Waals surface area (Å²) in [7, 11) is 1.54. The summed E-state index contributed by atoms with van der Waals surface area (Å²) in [5, 5.41) is 6.98. The number of ether oxygens (including phenoxy) is 1. The van der Waals surface area contributed by atoms with Gasteiger partial charge in [0.15, 0.2) is 0 Å². The van der Waals surface area contributed by atoms with Gasteiger partial charge >= 0.3 is 0 Å². The molecule has 0 radical (unpaired) electrons. The Morgan fingerprint density at radius 3 is 2.62 bits per heavy atom. The Bertz CT molecular complexity index is 981. The average Bonchev–Trinajstić information content (AvgIpc) is 2.64. The van der Waals surface area contributed by atoms with Crippen molar-refractivity contribution in [1.82, 2.24) is 9.78 Å². The predicted octanol–water partition coefficient (Wildman–Crippen LogP) is 2.86. The van der Waals surface area contributed by atoms with E-state index in [4.69, 9.17) is 4.74 Å². The molecular formula is C20H19N3O3. The van der Waals surface area contributed by atoms with Crippen molar-refractivity contribution in [2.75, 3.05) is 12.4 Å². The van der Waals surface area contributed by atoms with Gasteiger partial charge in [0.2, 0.25) is 0 Å². The Morgan fingerprint density at radius 2 is 1.88 bits per heavy atom. The van der Waals surface area contributed by atoms with E-state index in [9.17, 15) is 9.59 Å². The van der Waals surface area contributed by atoms with Gasteiger partial charge in [0.25, 0.3) is 11.5 Å². The summed E-state index contributed by atoms with van der Waals surface area (Å²) in [5.41, 5.74) is 2.37. The lowest BCUT2D eigenvalue weighted by Gasteiger charge is -2.11. The number of hydrogen-bond donors (Lipinski definition) is 1. The fourth-order valence-corrected chi connectivity index (χ4v) is 2.55. The molecule has 0 atom stereocenters. The Morgan fingerprint density at radius 1 is 1.12 bits per heavy atom. The fourth-order valence-electron chi connectivity index (χ4n) is 2.55. The summed E-state index contributed by atoms with van der Waals surface area (Å²) in [6, 6.07) is 17.7. The zero-order chi connectivity index (χ0) is 18.5. The molecule has 3 rings (SSSR count). The van der Waals surface area contributed by atoms with Crippen molar-refractivity contribution in [3.8, 4) is 5.75 Å². The van der Waals surface area contributed by atoms with Crippen LogP contribution in [0.5, 0.6) is 5.75 Å². The third kappa shape index (κ3) is 3.97. The van der Waals surface area contributed by atoms with Crippen LogP contribution in [-0.2, 0) is 6.54 Å². The molecule has 3 aromatic rings. The van der Waals surface area contributed by atoms with Crippen molar-refractivity contribution in [2.24, 2.45) is 0 Å². The van der Waals surface area contributed by atoms with E-state index in [0.29, 0.717) is 18.0 Å². The first-order valence-electron chi connectivity index (χ1n) is 8.15. The van der Waals surface area contributed by atoms with Crippen LogP contribution in [0, 0.1) is 6.92 Å². The summed E-state index contributed by atoms with van der Waals surface area (Å²) >= 11 is 0. The number of carbonyl (C=O) groups is 1. The van der Waals surface area contributed by atoms with Gasteiger partial charge in [0.1, 0.15) is 11.4 Å². The van der Waals surface area contributed by atoms with Crippen LogP contribution in [0.3, 0.4) is 0 Å². The molecule has 0 aliphatic rings. The summed E-state index contributed by atoms with van der Waals surface area (Å²) in [6.45, 7) is 2.22. The molecule has 0 bridgehead atoms. The number of amides is 1. The minimum atomic E-state index is -0.407. The molecule has 1 aromatic heterocycles. The minimum absolute atomic E-state index is 0.157. The Balaban J connectivity index is 1.85. The molecule has 1 amide bonds. The minimum Gasteiger partial charge on any atom is -0.495 e. The molecule has 0 aliphatic heterocycles. The summed E-state index contributed by atoms with van der Waals surface area (Å²) in [6.07, 6.45) is 0. The third-order valence-corrected chi connectivity index (χ3v) is 3.88. The molecule has 1 heterocycles. The Labute approximate surface area is 151 Å². The first-order valence-corrected chi connectivity index (χ1v) is 8.15. The number of hydrogen-bond acceptors (Lipinski definition) is 4. The zero-order valence-electron chi connectivity index (χ0n) is 14.6. The van der Waals surface area contributed by atoms with Crippen molar-refractivity contribution < 1.29 is 9.53 Å². The summed E-state index contributed by atoms with van der Waals surface area (Å²) in [5.74, 6) is 0.150. The normalized spacial score (nSPS) is 10.4. The van der Waals surface area contributed by atoms with Gasteiger partial charge in [-0.05, 0) is 36.2 Å². The van der Waals surface area contributed by atoms with Gasteiger partial charge in [-0.2, -0.15) is 5.10 Å². The quantitative estimate of drug-likeness (QED) is 0.769. The number of nitrogens with one attached hydrogen (secondary N) is 1. The van der Waals surface area contributed by atoms with Gasteiger partial charge in [0.05, 0.1) is 19.3 Å². The molecule has 132 valence electrons. The van der Waals surface area contributed by atoms with Crippen molar-refractivity contribution in [1.29, 1.82) is 0 Å². The monoisotopic (exact) mass is 349 g/mol. The van der Waals surface area contributed by atoms with Gasteiger partial charge in [-0.1, -0.05) is 36.4 Å². The highest BCUT2D eigenvalue weighted by atomic mass is 16.5. The van der Waals surface area contributed by atoms with E-state index in [2.05, 4.69) is 10.4 Å². The average molecular weight is 349 g/mol. The number of nitrogens with zero attached hydrogens (tertiary/aromatic N) is 2. The second-order valence-corrected chi connectivity index (χ2v) is 5.86. The van der Waals surface area contributed by atoms with E-state index < -0.39 is 5.91 Å². The summed E-state index contributed by atoms with van der Waals surface area (Å²) in [4.78, 5) is 24.6. The lowest BCUT2D eigenvalue weighted by Crippen LogP contribution is -2.26. The van der Waals surface area contributed by atoms with Gasteiger partial charge in [-0.25, -0.2) is 4.68 Å². The van der Waals surface area contributed by atoms with Crippen LogP contribution < -0.4 is 15.6 Å². The zero-order valence-corrected chi connectivity index (χ0v) is 14.6. The Kier molecular flexibility index (Phi) is 5.12. The van der Waals surface area contributed by atoms with Crippen LogP contribution in [0.2, 0.25) is 0 Å². The maximum Gasteiger partial charge on any atom is 0.276 e. The lowest BCUT2D eigenvalue weighted by molar-refractivity contribution is 0.101. The molecule has 0 aliphatic carbocycles. The Hall–Kier alpha value is -3.41. The highest BCUT2D eigenvalue weighted by Gasteiger charge is 2.13. The lowest BCUT2D eigenvalue weighted by atomic mass is 10.2. The van der Waals surface area contributed by atoms with Crippen LogP contribution in [0.25, 0.3) is 0 Å². The number of aromatic nitrogens is 2. The smallest absolute Gasteiger partial charge is 0.276 e. The molecule has 26 heavy (non-hydrogen) atoms. The van der Waals surface area contributed by atoms with Crippen molar-refractivity contribution in [3.05, 3.63) is 87.8 Å². The topological polar surface area (TPSA) is 73.2 Å². The van der Waals surface area contributed by atoms with Crippen molar-refractivity contribution in [3.63, 3.8) is 0 Å². The molecule has 0 spiro atoms. The van der Waals surface area contributed by atoms with Crippen LogP contribution in [0.4, 0.5) is 5.69 Å². The van der Waals surface area contributed by atoms with E-state index in [-0.39, 0.29) is 11.3 Å². The number of aryl methyl sites for hydroxylation is 1. The van der Waals surface area contributed by atoms with E-state index in [1.165, 1.54) is 16.8 Å². The predicted molar refractivity (Wildman–Crippen MR) is 99.7 cm³/mol. The molecule has 2 aromatic carbocycles. The number of methoxy groups -OCH3 is 1. The molecule has 6 heteroatoms. The number of rotatable bonds is 5. The fraction of sp³-hybridized carbons (Fsp3) is 0.150. The maximum atomic E-state index is 12.6. The van der Waals surface area contributed by atoms with Gasteiger partial charge in [0, 0.05) is 6.07 Å². The van der Waals surface area contributed by atoms with Gasteiger partial charge < -0.3 is 10.1 Å². The number of anilines is 1. The molecule has 0 saturated heterocycles. The van der Waals surface area contributed by atoms with Crippen molar-refractivity contribution in [2.45, 2.75) is 13.5 Å². The van der Waals surface area contributed by atoms with Crippen LogP contribution in [0.1, 0.15) is 21.6 Å². The molecule has 1 N–H and O–H groups in total. The van der Waals surface area contributed by atoms with E-state index in [0.717, 1.165) is 11.1 Å². The van der Waals surface area contributed by atoms with Crippen LogP contribution in [-0.4, -0.2) is 22.8 Å². The second-order valence-electron chi connectivity index (χ2n) is 5.86. The first kappa shape index (κ1) is 17.4. The van der Waals surface area contributed by atoms with E-state index in [1.807, 2.05) is 49.4 Å². The van der Waals surface area contributed by atoms with E-state index >= 15 is 0 Å². The van der Waals surface area contributed by atoms with Crippen LogP contribution in [0.15, 0.2) is 65.5 Å². The molecular weight excluding hydrogens is 330 g/mol. The second kappa shape index (κ2) is 7.65. The molecule has 0 saturated carbocycles.